The number of hydrogen-bond acceptors (Lipinski definition) is 4. The molecule has 0 bridgehead atoms. The lowest BCUT2D eigenvalue weighted by molar-refractivity contribution is 0.459. The van der Waals surface area contributed by atoms with Gasteiger partial charge in [0.25, 0.3) is 0 Å². The molecular weight excluding hydrogens is 329 g/mol. The van der Waals surface area contributed by atoms with Crippen LogP contribution < -0.4 is 9.64 Å². The van der Waals surface area contributed by atoms with E-state index >= 15 is 0 Å². The lowest BCUT2D eigenvalue weighted by Gasteiger charge is -2.26. The minimum absolute atomic E-state index is 0.275. The first kappa shape index (κ1) is 16.5. The Labute approximate surface area is 152 Å². The van der Waals surface area contributed by atoms with Crippen LogP contribution in [0, 0.1) is 12.7 Å². The van der Waals surface area contributed by atoms with Crippen LogP contribution in [-0.2, 0) is 0 Å². The summed E-state index contributed by atoms with van der Waals surface area (Å²) in [6.45, 7) is 3.06. The SMILES string of the molecule is Cc1ccccc1C1CCCN1c1nccc(Oc2ccc(F)cc2)n1. The van der Waals surface area contributed by atoms with E-state index < -0.39 is 0 Å². The highest BCUT2D eigenvalue weighted by atomic mass is 19.1. The molecule has 26 heavy (non-hydrogen) atoms. The molecule has 0 radical (unpaired) electrons. The molecule has 0 spiro atoms. The first-order valence-electron chi connectivity index (χ1n) is 8.79. The molecule has 132 valence electrons. The minimum Gasteiger partial charge on any atom is -0.439 e. The molecule has 1 aliphatic heterocycles. The molecule has 3 aromatic rings. The first-order valence-corrected chi connectivity index (χ1v) is 8.79. The second kappa shape index (κ2) is 7.12. The zero-order valence-electron chi connectivity index (χ0n) is 14.6. The number of nitrogens with zero attached hydrogens (tertiary/aromatic N) is 3. The third kappa shape index (κ3) is 3.38. The maximum Gasteiger partial charge on any atom is 0.229 e. The maximum atomic E-state index is 13.0. The Kier molecular flexibility index (Phi) is 4.52. The predicted octanol–water partition coefficient (Wildman–Crippen LogP) is 5.06. The van der Waals surface area contributed by atoms with Crippen molar-refractivity contribution in [1.29, 1.82) is 0 Å². The van der Waals surface area contributed by atoms with Gasteiger partial charge in [-0.05, 0) is 55.2 Å². The molecule has 1 saturated heterocycles. The monoisotopic (exact) mass is 349 g/mol. The van der Waals surface area contributed by atoms with Crippen LogP contribution in [0.15, 0.2) is 60.8 Å². The van der Waals surface area contributed by atoms with Gasteiger partial charge in [0.2, 0.25) is 11.8 Å². The summed E-state index contributed by atoms with van der Waals surface area (Å²) in [6.07, 6.45) is 3.89. The van der Waals surface area contributed by atoms with Crippen molar-refractivity contribution in [2.24, 2.45) is 0 Å². The van der Waals surface area contributed by atoms with Gasteiger partial charge in [0, 0.05) is 18.8 Å². The van der Waals surface area contributed by atoms with Crippen LogP contribution in [0.2, 0.25) is 0 Å². The van der Waals surface area contributed by atoms with Crippen LogP contribution in [0.3, 0.4) is 0 Å². The zero-order chi connectivity index (χ0) is 17.9. The van der Waals surface area contributed by atoms with Crippen LogP contribution in [-0.4, -0.2) is 16.5 Å². The molecule has 2 aromatic carbocycles. The largest absolute Gasteiger partial charge is 0.439 e. The number of halogens is 1. The fraction of sp³-hybridized carbons (Fsp3) is 0.238. The summed E-state index contributed by atoms with van der Waals surface area (Å²) in [7, 11) is 0. The van der Waals surface area contributed by atoms with Crippen molar-refractivity contribution < 1.29 is 9.13 Å². The fourth-order valence-corrected chi connectivity index (χ4v) is 3.44. The van der Waals surface area contributed by atoms with E-state index in [9.17, 15) is 4.39 Å². The smallest absolute Gasteiger partial charge is 0.229 e. The molecule has 0 saturated carbocycles. The van der Waals surface area contributed by atoms with Crippen LogP contribution in [0.25, 0.3) is 0 Å². The average Bonchev–Trinajstić information content (AvgIpc) is 3.14. The number of aromatic nitrogens is 2. The van der Waals surface area contributed by atoms with E-state index in [1.54, 1.807) is 24.4 Å². The summed E-state index contributed by atoms with van der Waals surface area (Å²) in [4.78, 5) is 11.3. The second-order valence-corrected chi connectivity index (χ2v) is 6.46. The van der Waals surface area contributed by atoms with E-state index in [4.69, 9.17) is 4.74 Å². The van der Waals surface area contributed by atoms with Gasteiger partial charge in [0.1, 0.15) is 11.6 Å². The lowest BCUT2D eigenvalue weighted by atomic mass is 9.99. The van der Waals surface area contributed by atoms with Crippen molar-refractivity contribution in [1.82, 2.24) is 9.97 Å². The normalized spacial score (nSPS) is 16.7. The predicted molar refractivity (Wildman–Crippen MR) is 99.0 cm³/mol. The molecule has 1 aromatic heterocycles. The van der Waals surface area contributed by atoms with Crippen molar-refractivity contribution in [3.05, 3.63) is 77.7 Å². The molecule has 5 heteroatoms. The van der Waals surface area contributed by atoms with Gasteiger partial charge in [-0.25, -0.2) is 9.37 Å². The Bertz CT molecular complexity index is 898. The average molecular weight is 349 g/mol. The second-order valence-electron chi connectivity index (χ2n) is 6.46. The molecule has 1 unspecified atom stereocenters. The molecule has 0 amide bonds. The Hall–Kier alpha value is -2.95. The van der Waals surface area contributed by atoms with E-state index in [0.29, 0.717) is 17.6 Å². The highest BCUT2D eigenvalue weighted by Gasteiger charge is 2.29. The standard InChI is InChI=1S/C21H20FN3O/c1-15-5-2-3-6-18(15)19-7-4-14-25(19)21-23-13-12-20(24-21)26-17-10-8-16(22)9-11-17/h2-3,5-6,8-13,19H,4,7,14H2,1H3. The van der Waals surface area contributed by atoms with Gasteiger partial charge >= 0.3 is 0 Å². The molecule has 0 N–H and O–H groups in total. The number of ether oxygens (including phenoxy) is 1. The molecule has 0 aliphatic carbocycles. The van der Waals surface area contributed by atoms with E-state index in [1.807, 2.05) is 0 Å². The summed E-state index contributed by atoms with van der Waals surface area (Å²) in [5.41, 5.74) is 2.60. The molecule has 1 fully saturated rings. The summed E-state index contributed by atoms with van der Waals surface area (Å²) in [6, 6.07) is 16.4. The molecule has 1 atom stereocenters. The topological polar surface area (TPSA) is 38.2 Å². The highest BCUT2D eigenvalue weighted by Crippen LogP contribution is 2.36. The van der Waals surface area contributed by atoms with E-state index in [1.165, 1.54) is 23.3 Å². The quantitative estimate of drug-likeness (QED) is 0.660. The van der Waals surface area contributed by atoms with E-state index in [2.05, 4.69) is 46.1 Å². The Morgan fingerprint density at radius 3 is 2.69 bits per heavy atom. The van der Waals surface area contributed by atoms with Crippen molar-refractivity contribution in [3.8, 4) is 11.6 Å². The number of rotatable bonds is 4. The lowest BCUT2D eigenvalue weighted by Crippen LogP contribution is -2.25. The molecule has 4 nitrogen and oxygen atoms in total. The Morgan fingerprint density at radius 1 is 1.08 bits per heavy atom. The van der Waals surface area contributed by atoms with Gasteiger partial charge in [0.05, 0.1) is 6.04 Å². The van der Waals surface area contributed by atoms with Crippen LogP contribution >= 0.6 is 0 Å². The number of aryl methyl sites for hydroxylation is 1. The van der Waals surface area contributed by atoms with Crippen LogP contribution in [0.4, 0.5) is 10.3 Å². The zero-order valence-corrected chi connectivity index (χ0v) is 14.6. The van der Waals surface area contributed by atoms with Crippen molar-refractivity contribution in [2.45, 2.75) is 25.8 Å². The molecule has 4 rings (SSSR count). The molecule has 2 heterocycles. The maximum absolute atomic E-state index is 13.0. The minimum atomic E-state index is -0.293. The van der Waals surface area contributed by atoms with Gasteiger partial charge in [0.15, 0.2) is 0 Å². The van der Waals surface area contributed by atoms with Gasteiger partial charge in [-0.2, -0.15) is 4.98 Å². The number of anilines is 1. The van der Waals surface area contributed by atoms with Gasteiger partial charge in [-0.3, -0.25) is 0 Å². The number of hydrogen-bond donors (Lipinski definition) is 0. The van der Waals surface area contributed by atoms with E-state index in [0.717, 1.165) is 19.4 Å². The van der Waals surface area contributed by atoms with Crippen molar-refractivity contribution >= 4 is 5.95 Å². The third-order valence-electron chi connectivity index (χ3n) is 4.71. The van der Waals surface area contributed by atoms with Gasteiger partial charge in [-0.1, -0.05) is 24.3 Å². The van der Waals surface area contributed by atoms with Crippen LogP contribution in [0.5, 0.6) is 11.6 Å². The van der Waals surface area contributed by atoms with Crippen LogP contribution in [0.1, 0.15) is 30.0 Å². The summed E-state index contributed by atoms with van der Waals surface area (Å²) in [5.74, 6) is 1.37. The van der Waals surface area contributed by atoms with E-state index in [-0.39, 0.29) is 11.9 Å². The van der Waals surface area contributed by atoms with Crippen molar-refractivity contribution in [2.75, 3.05) is 11.4 Å². The van der Waals surface area contributed by atoms with Gasteiger partial charge < -0.3 is 9.64 Å². The van der Waals surface area contributed by atoms with Crippen molar-refractivity contribution in [3.63, 3.8) is 0 Å². The first-order chi connectivity index (χ1) is 12.7. The molecular formula is C21H20FN3O. The molecule has 1 aliphatic rings. The summed E-state index contributed by atoms with van der Waals surface area (Å²) in [5, 5.41) is 0. The summed E-state index contributed by atoms with van der Waals surface area (Å²) < 4.78 is 18.8. The number of benzene rings is 2. The Morgan fingerprint density at radius 2 is 1.88 bits per heavy atom. The summed E-state index contributed by atoms with van der Waals surface area (Å²) >= 11 is 0. The van der Waals surface area contributed by atoms with Gasteiger partial charge in [-0.15, -0.1) is 0 Å². The fourth-order valence-electron chi connectivity index (χ4n) is 3.44. The Balaban J connectivity index is 1.59. The third-order valence-corrected chi connectivity index (χ3v) is 4.71. The highest BCUT2D eigenvalue weighted by molar-refractivity contribution is 5.42.